The minimum absolute atomic E-state index is 0.0633. The van der Waals surface area contributed by atoms with Crippen LogP contribution in [-0.4, -0.2) is 26.1 Å². The molecule has 0 bridgehead atoms. The third kappa shape index (κ3) is 3.63. The Morgan fingerprint density at radius 3 is 2.52 bits per heavy atom. The molecule has 0 spiro atoms. The topological polar surface area (TPSA) is 93.8 Å². The van der Waals surface area contributed by atoms with E-state index in [1.165, 1.54) is 35.2 Å². The zero-order valence-corrected chi connectivity index (χ0v) is 13.6. The lowest BCUT2D eigenvalue weighted by atomic mass is 10.1. The molecule has 0 aliphatic rings. The lowest BCUT2D eigenvalue weighted by Crippen LogP contribution is -1.93. The molecule has 0 aliphatic heterocycles. The number of nitrogens with zero attached hydrogens (tertiary/aromatic N) is 4. The van der Waals surface area contributed by atoms with Gasteiger partial charge < -0.3 is 5.32 Å². The molecule has 9 heteroatoms. The van der Waals surface area contributed by atoms with Crippen LogP contribution in [0.15, 0.2) is 47.2 Å². The maximum absolute atomic E-state index is 10.7. The van der Waals surface area contributed by atoms with Crippen LogP contribution in [0.1, 0.15) is 0 Å². The number of anilines is 2. The summed E-state index contributed by atoms with van der Waals surface area (Å²) < 4.78 is 0. The molecule has 3 rings (SSSR count). The molecule has 0 fully saturated rings. The average Bonchev–Trinajstić information content (AvgIpc) is 3.04. The van der Waals surface area contributed by atoms with Crippen LogP contribution < -0.4 is 5.32 Å². The molecule has 1 N–H and O–H groups in total. The van der Waals surface area contributed by atoms with Gasteiger partial charge in [0.25, 0.3) is 5.69 Å². The number of aromatic nitrogens is 3. The lowest BCUT2D eigenvalue weighted by Gasteiger charge is -2.01. The van der Waals surface area contributed by atoms with Gasteiger partial charge in [-0.1, -0.05) is 11.8 Å². The van der Waals surface area contributed by atoms with E-state index >= 15 is 0 Å². The molecule has 2 aromatic heterocycles. The van der Waals surface area contributed by atoms with Crippen molar-refractivity contribution in [2.24, 2.45) is 0 Å². The van der Waals surface area contributed by atoms with Crippen molar-refractivity contribution in [3.8, 4) is 11.3 Å². The predicted molar refractivity (Wildman–Crippen MR) is 91.3 cm³/mol. The van der Waals surface area contributed by atoms with Gasteiger partial charge in [-0.3, -0.25) is 10.1 Å². The standard InChI is InChI=1S/C14H11N5O2S2/c1-22-13-15-6-10(7-16-13)17-14-18-12(8-23-14)9-2-4-11(5-3-9)19(20)21/h2-8H,1H3,(H,17,18). The molecular weight excluding hydrogens is 334 g/mol. The van der Waals surface area contributed by atoms with Crippen LogP contribution in [0, 0.1) is 10.1 Å². The van der Waals surface area contributed by atoms with E-state index in [0.717, 1.165) is 16.9 Å². The van der Waals surface area contributed by atoms with Gasteiger partial charge in [0.15, 0.2) is 10.3 Å². The summed E-state index contributed by atoms with van der Waals surface area (Å²) >= 11 is 2.92. The molecule has 1 aromatic carbocycles. The van der Waals surface area contributed by atoms with Crippen LogP contribution in [0.25, 0.3) is 11.3 Å². The number of nitrogens with one attached hydrogen (secondary N) is 1. The van der Waals surface area contributed by atoms with Crippen molar-refractivity contribution in [3.63, 3.8) is 0 Å². The molecule has 0 radical (unpaired) electrons. The maximum atomic E-state index is 10.7. The summed E-state index contributed by atoms with van der Waals surface area (Å²) in [6.07, 6.45) is 5.32. The van der Waals surface area contributed by atoms with E-state index in [9.17, 15) is 10.1 Å². The molecular formula is C14H11N5O2S2. The monoisotopic (exact) mass is 345 g/mol. The first-order valence-electron chi connectivity index (χ1n) is 6.49. The highest BCUT2D eigenvalue weighted by Crippen LogP contribution is 2.28. The molecule has 0 saturated heterocycles. The Bertz CT molecular complexity index is 818. The van der Waals surface area contributed by atoms with Gasteiger partial charge in [0.1, 0.15) is 0 Å². The minimum atomic E-state index is -0.421. The van der Waals surface area contributed by atoms with Gasteiger partial charge in [0.2, 0.25) is 0 Å². The molecule has 116 valence electrons. The highest BCUT2D eigenvalue weighted by molar-refractivity contribution is 7.98. The molecule has 2 heterocycles. The van der Waals surface area contributed by atoms with E-state index in [4.69, 9.17) is 0 Å². The van der Waals surface area contributed by atoms with Crippen molar-refractivity contribution in [1.29, 1.82) is 0 Å². The fourth-order valence-corrected chi connectivity index (χ4v) is 2.88. The van der Waals surface area contributed by atoms with Crippen molar-refractivity contribution in [2.75, 3.05) is 11.6 Å². The number of hydrogen-bond donors (Lipinski definition) is 1. The number of hydrogen-bond acceptors (Lipinski definition) is 8. The van der Waals surface area contributed by atoms with Crippen molar-refractivity contribution in [2.45, 2.75) is 5.16 Å². The smallest absolute Gasteiger partial charge is 0.269 e. The van der Waals surface area contributed by atoms with Crippen LogP contribution in [0.5, 0.6) is 0 Å². The number of non-ortho nitro benzene ring substituents is 1. The second-order valence-electron chi connectivity index (χ2n) is 4.43. The summed E-state index contributed by atoms with van der Waals surface area (Å²) in [6.45, 7) is 0. The Hall–Kier alpha value is -2.52. The molecule has 0 unspecified atom stereocenters. The van der Waals surface area contributed by atoms with Gasteiger partial charge in [-0.2, -0.15) is 0 Å². The molecule has 7 nitrogen and oxygen atoms in total. The maximum Gasteiger partial charge on any atom is 0.269 e. The molecule has 0 saturated carbocycles. The summed E-state index contributed by atoms with van der Waals surface area (Å²) in [5.74, 6) is 0. The number of thiazole rings is 1. The quantitative estimate of drug-likeness (QED) is 0.323. The predicted octanol–water partition coefficient (Wildman–Crippen LogP) is 3.97. The molecule has 23 heavy (non-hydrogen) atoms. The summed E-state index contributed by atoms with van der Waals surface area (Å²) in [6, 6.07) is 6.31. The first kappa shape index (κ1) is 15.4. The SMILES string of the molecule is CSc1ncc(Nc2nc(-c3ccc([N+](=O)[O-])cc3)cs2)cn1. The van der Waals surface area contributed by atoms with Crippen LogP contribution in [-0.2, 0) is 0 Å². The van der Waals surface area contributed by atoms with Gasteiger partial charge in [0, 0.05) is 23.1 Å². The van der Waals surface area contributed by atoms with E-state index in [0.29, 0.717) is 10.3 Å². The Balaban J connectivity index is 1.75. The first-order chi connectivity index (χ1) is 11.2. The minimum Gasteiger partial charge on any atom is -0.329 e. The van der Waals surface area contributed by atoms with E-state index in [2.05, 4.69) is 20.3 Å². The Morgan fingerprint density at radius 1 is 1.22 bits per heavy atom. The first-order valence-corrected chi connectivity index (χ1v) is 8.59. The third-order valence-electron chi connectivity index (χ3n) is 2.94. The number of nitro groups is 1. The summed E-state index contributed by atoms with van der Waals surface area (Å²) in [5, 5.41) is 17.1. The van der Waals surface area contributed by atoms with Crippen molar-refractivity contribution in [3.05, 3.63) is 52.2 Å². The van der Waals surface area contributed by atoms with Crippen molar-refractivity contribution >= 4 is 39.6 Å². The molecule has 3 aromatic rings. The second kappa shape index (κ2) is 6.71. The average molecular weight is 345 g/mol. The molecule has 0 amide bonds. The van der Waals surface area contributed by atoms with Gasteiger partial charge in [-0.15, -0.1) is 11.3 Å². The number of thioether (sulfide) groups is 1. The van der Waals surface area contributed by atoms with Crippen molar-refractivity contribution in [1.82, 2.24) is 15.0 Å². The fourth-order valence-electron chi connectivity index (χ4n) is 1.83. The molecule has 0 aliphatic carbocycles. The summed E-state index contributed by atoms with van der Waals surface area (Å²) in [7, 11) is 0. The normalized spacial score (nSPS) is 10.5. The van der Waals surface area contributed by atoms with Crippen LogP contribution in [0.3, 0.4) is 0 Å². The zero-order chi connectivity index (χ0) is 16.2. The second-order valence-corrected chi connectivity index (χ2v) is 6.06. The van der Waals surface area contributed by atoms with Crippen molar-refractivity contribution < 1.29 is 4.92 Å². The fraction of sp³-hybridized carbons (Fsp3) is 0.0714. The number of rotatable bonds is 5. The molecule has 0 atom stereocenters. The summed E-state index contributed by atoms with van der Waals surface area (Å²) in [5.41, 5.74) is 2.41. The lowest BCUT2D eigenvalue weighted by molar-refractivity contribution is -0.384. The van der Waals surface area contributed by atoms with E-state index in [1.54, 1.807) is 24.5 Å². The number of nitro benzene ring substituents is 1. The van der Waals surface area contributed by atoms with E-state index in [-0.39, 0.29) is 5.69 Å². The van der Waals surface area contributed by atoms with Gasteiger partial charge >= 0.3 is 0 Å². The van der Waals surface area contributed by atoms with Gasteiger partial charge in [-0.25, -0.2) is 15.0 Å². The number of benzene rings is 1. The van der Waals surface area contributed by atoms with E-state index < -0.39 is 4.92 Å². The Kier molecular flexibility index (Phi) is 4.49. The zero-order valence-electron chi connectivity index (χ0n) is 12.0. The Morgan fingerprint density at radius 2 is 1.91 bits per heavy atom. The third-order valence-corrected chi connectivity index (χ3v) is 4.27. The van der Waals surface area contributed by atoms with Gasteiger partial charge in [-0.05, 0) is 18.4 Å². The Labute approximate surface area is 140 Å². The summed E-state index contributed by atoms with van der Waals surface area (Å²) in [4.78, 5) is 23.1. The highest BCUT2D eigenvalue weighted by Gasteiger charge is 2.08. The van der Waals surface area contributed by atoms with Gasteiger partial charge in [0.05, 0.1) is 28.7 Å². The highest BCUT2D eigenvalue weighted by atomic mass is 32.2. The van der Waals surface area contributed by atoms with E-state index in [1.807, 2.05) is 11.6 Å². The van der Waals surface area contributed by atoms with Crippen LogP contribution >= 0.6 is 23.1 Å². The van der Waals surface area contributed by atoms with Crippen LogP contribution in [0.4, 0.5) is 16.5 Å². The van der Waals surface area contributed by atoms with Crippen LogP contribution in [0.2, 0.25) is 0 Å². The largest absolute Gasteiger partial charge is 0.329 e.